The molecule has 0 radical (unpaired) electrons. The smallest absolute Gasteiger partial charge is 0.123 e. The third-order valence-electron chi connectivity index (χ3n) is 3.55. The van der Waals surface area contributed by atoms with Gasteiger partial charge in [-0.2, -0.15) is 0 Å². The summed E-state index contributed by atoms with van der Waals surface area (Å²) in [5.74, 6) is -0.197. The zero-order valence-electron chi connectivity index (χ0n) is 12.1. The molecule has 1 atom stereocenters. The first kappa shape index (κ1) is 14.9. The molecule has 2 N–H and O–H groups in total. The molecule has 0 saturated heterocycles. The minimum Gasteiger partial charge on any atom is -0.330 e. The Kier molecular flexibility index (Phi) is 4.61. The fourth-order valence-corrected chi connectivity index (χ4v) is 3.50. The van der Waals surface area contributed by atoms with Crippen LogP contribution in [0.15, 0.2) is 60.0 Å². The van der Waals surface area contributed by atoms with Crippen molar-refractivity contribution < 1.29 is 4.39 Å². The molecule has 0 aliphatic heterocycles. The molecule has 4 heteroatoms. The van der Waals surface area contributed by atoms with Gasteiger partial charge in [0.15, 0.2) is 0 Å². The van der Waals surface area contributed by atoms with Crippen LogP contribution in [-0.4, -0.2) is 11.5 Å². The van der Waals surface area contributed by atoms with Gasteiger partial charge in [-0.3, -0.25) is 0 Å². The van der Waals surface area contributed by atoms with Crippen molar-refractivity contribution in [2.75, 3.05) is 6.54 Å². The summed E-state index contributed by atoms with van der Waals surface area (Å²) in [7, 11) is 0. The molecular formula is C18H17FN2S. The third-order valence-corrected chi connectivity index (χ3v) is 4.51. The monoisotopic (exact) mass is 312 g/mol. The van der Waals surface area contributed by atoms with Gasteiger partial charge < -0.3 is 5.73 Å². The van der Waals surface area contributed by atoms with Gasteiger partial charge in [-0.1, -0.05) is 42.5 Å². The second-order valence-corrected chi connectivity index (χ2v) is 6.00. The number of rotatable bonds is 5. The molecule has 1 heterocycles. The van der Waals surface area contributed by atoms with Crippen molar-refractivity contribution in [2.24, 2.45) is 5.73 Å². The summed E-state index contributed by atoms with van der Waals surface area (Å²) in [6, 6.07) is 16.8. The molecule has 1 unspecified atom stereocenters. The van der Waals surface area contributed by atoms with E-state index in [2.05, 4.69) is 17.5 Å². The van der Waals surface area contributed by atoms with Gasteiger partial charge in [0, 0.05) is 11.8 Å². The molecule has 1 aromatic heterocycles. The molecular weight excluding hydrogens is 295 g/mol. The van der Waals surface area contributed by atoms with E-state index < -0.39 is 0 Å². The Balaban J connectivity index is 2.04. The van der Waals surface area contributed by atoms with E-state index in [-0.39, 0.29) is 11.7 Å². The summed E-state index contributed by atoms with van der Waals surface area (Å²) in [5, 5.41) is 3.07. The minimum absolute atomic E-state index is 0.0262. The molecule has 0 amide bonds. The maximum atomic E-state index is 13.2. The fourth-order valence-electron chi connectivity index (χ4n) is 2.50. The highest BCUT2D eigenvalue weighted by atomic mass is 32.1. The van der Waals surface area contributed by atoms with E-state index >= 15 is 0 Å². The van der Waals surface area contributed by atoms with Crippen LogP contribution in [0.1, 0.15) is 27.7 Å². The summed E-state index contributed by atoms with van der Waals surface area (Å²) >= 11 is 1.63. The van der Waals surface area contributed by atoms with Crippen LogP contribution < -0.4 is 5.73 Å². The van der Waals surface area contributed by atoms with Gasteiger partial charge in [0.05, 0.1) is 11.6 Å². The van der Waals surface area contributed by atoms with Crippen LogP contribution in [0.5, 0.6) is 0 Å². The Labute approximate surface area is 133 Å². The Hall–Kier alpha value is -2.04. The summed E-state index contributed by atoms with van der Waals surface area (Å²) < 4.78 is 13.2. The minimum atomic E-state index is -0.224. The predicted molar refractivity (Wildman–Crippen MR) is 88.7 cm³/mol. The van der Waals surface area contributed by atoms with Crippen molar-refractivity contribution in [2.45, 2.75) is 12.3 Å². The Morgan fingerprint density at radius 1 is 1.00 bits per heavy atom. The number of hydrogen-bond acceptors (Lipinski definition) is 3. The zero-order chi connectivity index (χ0) is 15.4. The van der Waals surface area contributed by atoms with Crippen molar-refractivity contribution in [3.63, 3.8) is 0 Å². The van der Waals surface area contributed by atoms with Crippen LogP contribution in [0.3, 0.4) is 0 Å². The van der Waals surface area contributed by atoms with Gasteiger partial charge in [-0.25, -0.2) is 9.37 Å². The number of hydrogen-bond donors (Lipinski definition) is 1. The Bertz CT molecular complexity index is 722. The van der Waals surface area contributed by atoms with Gasteiger partial charge in [-0.05, 0) is 29.8 Å². The van der Waals surface area contributed by atoms with E-state index in [9.17, 15) is 4.39 Å². The number of halogens is 1. The third kappa shape index (κ3) is 3.24. The first-order chi connectivity index (χ1) is 10.8. The summed E-state index contributed by atoms with van der Waals surface area (Å²) in [6.07, 6.45) is 0.779. The first-order valence-corrected chi connectivity index (χ1v) is 8.10. The quantitative estimate of drug-likeness (QED) is 0.774. The average molecular weight is 312 g/mol. The lowest BCUT2D eigenvalue weighted by atomic mass is 9.92. The predicted octanol–water partition coefficient (Wildman–Crippen LogP) is 3.96. The number of nitrogens with two attached hydrogens (primary N) is 1. The number of aromatic nitrogens is 1. The lowest BCUT2D eigenvalue weighted by Gasteiger charge is -2.15. The fraction of sp³-hybridized carbons (Fsp3) is 0.167. The molecule has 0 saturated carbocycles. The van der Waals surface area contributed by atoms with Gasteiger partial charge in [-0.15, -0.1) is 11.3 Å². The second-order valence-electron chi connectivity index (χ2n) is 5.11. The van der Waals surface area contributed by atoms with Crippen LogP contribution >= 0.6 is 11.3 Å². The molecule has 0 bridgehead atoms. The van der Waals surface area contributed by atoms with Crippen LogP contribution in [0.2, 0.25) is 0 Å². The first-order valence-electron chi connectivity index (χ1n) is 7.22. The second kappa shape index (κ2) is 6.81. The van der Waals surface area contributed by atoms with Crippen molar-refractivity contribution in [1.29, 1.82) is 0 Å². The summed E-state index contributed by atoms with van der Waals surface area (Å²) in [4.78, 5) is 4.72. The van der Waals surface area contributed by atoms with E-state index in [1.165, 1.54) is 12.1 Å². The Morgan fingerprint density at radius 3 is 2.36 bits per heavy atom. The van der Waals surface area contributed by atoms with Gasteiger partial charge in [0.25, 0.3) is 0 Å². The number of nitrogens with zero attached hydrogens (tertiary/aromatic N) is 1. The Morgan fingerprint density at radius 2 is 1.68 bits per heavy atom. The van der Waals surface area contributed by atoms with E-state index in [0.29, 0.717) is 6.54 Å². The normalized spacial score (nSPS) is 12.3. The largest absolute Gasteiger partial charge is 0.330 e. The van der Waals surface area contributed by atoms with Crippen molar-refractivity contribution in [3.8, 4) is 0 Å². The summed E-state index contributed by atoms with van der Waals surface area (Å²) in [5.41, 5.74) is 8.82. The van der Waals surface area contributed by atoms with Gasteiger partial charge >= 0.3 is 0 Å². The molecule has 0 aliphatic rings. The van der Waals surface area contributed by atoms with Crippen LogP contribution in [0, 0.1) is 5.82 Å². The SMILES string of the molecule is NCCc1csc(C(c2ccccc2)c2ccc(F)cc2)n1. The van der Waals surface area contributed by atoms with Crippen molar-refractivity contribution in [1.82, 2.24) is 4.98 Å². The topological polar surface area (TPSA) is 38.9 Å². The summed E-state index contributed by atoms with van der Waals surface area (Å²) in [6.45, 7) is 0.593. The maximum Gasteiger partial charge on any atom is 0.123 e. The zero-order valence-corrected chi connectivity index (χ0v) is 12.9. The standard InChI is InChI=1S/C18H17FN2S/c19-15-8-6-14(7-9-15)17(13-4-2-1-3-5-13)18-21-16(10-11-20)12-22-18/h1-9,12,17H,10-11,20H2. The molecule has 2 nitrogen and oxygen atoms in total. The molecule has 0 fully saturated rings. The highest BCUT2D eigenvalue weighted by molar-refractivity contribution is 7.09. The van der Waals surface area contributed by atoms with Crippen LogP contribution in [0.25, 0.3) is 0 Å². The lowest BCUT2D eigenvalue weighted by Crippen LogP contribution is -2.05. The van der Waals surface area contributed by atoms with Crippen molar-refractivity contribution in [3.05, 3.63) is 87.6 Å². The molecule has 0 aliphatic carbocycles. The van der Waals surface area contributed by atoms with E-state index in [1.807, 2.05) is 30.3 Å². The number of thiazole rings is 1. The number of benzene rings is 2. The van der Waals surface area contributed by atoms with Crippen LogP contribution in [-0.2, 0) is 6.42 Å². The van der Waals surface area contributed by atoms with Crippen molar-refractivity contribution >= 4 is 11.3 Å². The van der Waals surface area contributed by atoms with Gasteiger partial charge in [0.2, 0.25) is 0 Å². The lowest BCUT2D eigenvalue weighted by molar-refractivity contribution is 0.626. The van der Waals surface area contributed by atoms with E-state index in [0.717, 1.165) is 28.2 Å². The highest BCUT2D eigenvalue weighted by Crippen LogP contribution is 2.33. The van der Waals surface area contributed by atoms with E-state index in [1.54, 1.807) is 11.3 Å². The van der Waals surface area contributed by atoms with E-state index in [4.69, 9.17) is 10.7 Å². The van der Waals surface area contributed by atoms with Gasteiger partial charge in [0.1, 0.15) is 10.8 Å². The maximum absolute atomic E-state index is 13.2. The van der Waals surface area contributed by atoms with Crippen LogP contribution in [0.4, 0.5) is 4.39 Å². The highest BCUT2D eigenvalue weighted by Gasteiger charge is 2.20. The molecule has 3 rings (SSSR count). The molecule has 2 aromatic carbocycles. The average Bonchev–Trinajstić information content (AvgIpc) is 2.99. The molecule has 22 heavy (non-hydrogen) atoms. The molecule has 3 aromatic rings. The molecule has 0 spiro atoms. The molecule has 112 valence electrons.